The fourth-order valence-electron chi connectivity index (χ4n) is 2.07. The van der Waals surface area contributed by atoms with Crippen LogP contribution in [0.15, 0.2) is 36.7 Å². The average Bonchev–Trinajstić information content (AvgIpc) is 2.87. The summed E-state index contributed by atoms with van der Waals surface area (Å²) in [5.74, 6) is 0. The van der Waals surface area contributed by atoms with Gasteiger partial charge in [-0.2, -0.15) is 0 Å². The van der Waals surface area contributed by atoms with Gasteiger partial charge < -0.3 is 4.57 Å². The molecule has 86 valence electrons. The van der Waals surface area contributed by atoms with Crippen LogP contribution in [0.5, 0.6) is 0 Å². The quantitative estimate of drug-likeness (QED) is 0.671. The molecule has 4 heteroatoms. The van der Waals surface area contributed by atoms with Crippen LogP contribution >= 0.6 is 0 Å². The van der Waals surface area contributed by atoms with Gasteiger partial charge in [0.15, 0.2) is 0 Å². The van der Waals surface area contributed by atoms with Crippen molar-refractivity contribution in [3.05, 3.63) is 47.9 Å². The molecule has 2 aromatic heterocycles. The smallest absolute Gasteiger partial charge is 0.102 e. The molecule has 0 spiro atoms. The van der Waals surface area contributed by atoms with Gasteiger partial charge in [0.2, 0.25) is 0 Å². The van der Waals surface area contributed by atoms with E-state index in [4.69, 9.17) is 0 Å². The largest absolute Gasteiger partial charge is 0.341 e. The summed E-state index contributed by atoms with van der Waals surface area (Å²) in [6.45, 7) is 2.87. The van der Waals surface area contributed by atoms with E-state index in [0.29, 0.717) is 0 Å². The van der Waals surface area contributed by atoms with Gasteiger partial charge in [-0.05, 0) is 30.0 Å². The van der Waals surface area contributed by atoms with E-state index >= 15 is 0 Å². The van der Waals surface area contributed by atoms with E-state index < -0.39 is 0 Å². The number of hydrogen-bond acceptors (Lipinski definition) is 2. The van der Waals surface area contributed by atoms with Crippen molar-refractivity contribution in [2.24, 2.45) is 7.05 Å². The minimum absolute atomic E-state index is 0.765. The highest BCUT2D eigenvalue weighted by atomic mass is 15.4. The zero-order valence-electron chi connectivity index (χ0n) is 9.96. The molecule has 0 aliphatic rings. The number of aromatic nitrogens is 4. The van der Waals surface area contributed by atoms with Crippen LogP contribution in [-0.4, -0.2) is 19.6 Å². The summed E-state index contributed by atoms with van der Waals surface area (Å²) in [5.41, 5.74) is 3.50. The molecule has 0 saturated heterocycles. The Morgan fingerprint density at radius 3 is 2.88 bits per heavy atom. The van der Waals surface area contributed by atoms with Crippen molar-refractivity contribution in [2.45, 2.75) is 13.5 Å². The Kier molecular flexibility index (Phi) is 2.21. The van der Waals surface area contributed by atoms with Crippen molar-refractivity contribution in [3.63, 3.8) is 0 Å². The molecule has 0 N–H and O–H groups in total. The highest BCUT2D eigenvalue weighted by Crippen LogP contribution is 2.18. The molecule has 3 aromatic rings. The molecule has 4 nitrogen and oxygen atoms in total. The van der Waals surface area contributed by atoms with E-state index in [1.807, 2.05) is 13.2 Å². The highest BCUT2D eigenvalue weighted by molar-refractivity contribution is 5.80. The van der Waals surface area contributed by atoms with Crippen LogP contribution in [0.3, 0.4) is 0 Å². The molecular formula is C13H14N4. The van der Waals surface area contributed by atoms with E-state index in [9.17, 15) is 0 Å². The van der Waals surface area contributed by atoms with Crippen molar-refractivity contribution in [3.8, 4) is 0 Å². The summed E-state index contributed by atoms with van der Waals surface area (Å²) in [5, 5.41) is 9.32. The lowest BCUT2D eigenvalue weighted by molar-refractivity contribution is 0.711. The fourth-order valence-corrected chi connectivity index (χ4v) is 2.07. The van der Waals surface area contributed by atoms with Crippen molar-refractivity contribution in [2.75, 3.05) is 0 Å². The van der Waals surface area contributed by atoms with Crippen LogP contribution in [0.2, 0.25) is 0 Å². The van der Waals surface area contributed by atoms with Gasteiger partial charge in [-0.3, -0.25) is 4.68 Å². The van der Waals surface area contributed by atoms with Gasteiger partial charge in [-0.1, -0.05) is 17.3 Å². The van der Waals surface area contributed by atoms with Gasteiger partial charge in [-0.25, -0.2) is 0 Å². The first-order valence-electron chi connectivity index (χ1n) is 5.63. The van der Waals surface area contributed by atoms with Gasteiger partial charge in [0.05, 0.1) is 6.54 Å². The lowest BCUT2D eigenvalue weighted by atomic mass is 10.2. The van der Waals surface area contributed by atoms with Crippen molar-refractivity contribution in [1.82, 2.24) is 19.6 Å². The van der Waals surface area contributed by atoms with Gasteiger partial charge in [0.25, 0.3) is 0 Å². The van der Waals surface area contributed by atoms with Crippen LogP contribution in [0.25, 0.3) is 10.9 Å². The molecule has 1 aromatic carbocycles. The zero-order valence-corrected chi connectivity index (χ0v) is 9.96. The summed E-state index contributed by atoms with van der Waals surface area (Å²) in [6, 6.07) is 8.61. The summed E-state index contributed by atoms with van der Waals surface area (Å²) in [4.78, 5) is 0. The number of fused-ring (bicyclic) bond motifs is 1. The van der Waals surface area contributed by atoms with Crippen LogP contribution in [-0.2, 0) is 13.6 Å². The maximum atomic E-state index is 4.11. The topological polar surface area (TPSA) is 35.6 Å². The van der Waals surface area contributed by atoms with Crippen LogP contribution in [0.4, 0.5) is 0 Å². The summed E-state index contributed by atoms with van der Waals surface area (Å²) >= 11 is 0. The Bertz CT molecular complexity index is 663. The third-order valence-corrected chi connectivity index (χ3v) is 2.91. The molecule has 3 rings (SSSR count). The Morgan fingerprint density at radius 1 is 1.24 bits per heavy atom. The third kappa shape index (κ3) is 1.82. The number of aryl methyl sites for hydroxylation is 2. The van der Waals surface area contributed by atoms with Crippen molar-refractivity contribution in [1.29, 1.82) is 0 Å². The maximum absolute atomic E-state index is 4.11. The zero-order chi connectivity index (χ0) is 11.8. The van der Waals surface area contributed by atoms with Crippen LogP contribution in [0.1, 0.15) is 11.3 Å². The fraction of sp³-hybridized carbons (Fsp3) is 0.231. The molecule has 0 atom stereocenters. The van der Waals surface area contributed by atoms with Gasteiger partial charge >= 0.3 is 0 Å². The molecule has 2 heterocycles. The van der Waals surface area contributed by atoms with Crippen molar-refractivity contribution >= 4 is 10.9 Å². The molecule has 0 aliphatic carbocycles. The molecule has 0 fully saturated rings. The van der Waals surface area contributed by atoms with E-state index in [1.165, 1.54) is 16.5 Å². The Morgan fingerprint density at radius 2 is 2.12 bits per heavy atom. The molecule has 0 bridgehead atoms. The number of nitrogens with zero attached hydrogens (tertiary/aromatic N) is 4. The number of rotatable bonds is 2. The minimum Gasteiger partial charge on any atom is -0.341 e. The van der Waals surface area contributed by atoms with Crippen LogP contribution < -0.4 is 0 Å². The summed E-state index contributed by atoms with van der Waals surface area (Å²) < 4.78 is 3.93. The van der Waals surface area contributed by atoms with E-state index in [1.54, 1.807) is 4.68 Å². The van der Waals surface area contributed by atoms with E-state index in [2.05, 4.69) is 52.3 Å². The lowest BCUT2D eigenvalue weighted by Crippen LogP contribution is -1.98. The van der Waals surface area contributed by atoms with Gasteiger partial charge in [-0.15, -0.1) is 5.10 Å². The standard InChI is InChI=1S/C13H14N4/c1-10-3-4-11-5-6-17(13(11)7-10)9-12-8-16(2)15-14-12/h3-8H,9H2,1-2H3. The Hall–Kier alpha value is -2.10. The normalized spacial score (nSPS) is 11.2. The highest BCUT2D eigenvalue weighted by Gasteiger charge is 2.04. The minimum atomic E-state index is 0.765. The summed E-state index contributed by atoms with van der Waals surface area (Å²) in [6.07, 6.45) is 4.04. The average molecular weight is 226 g/mol. The van der Waals surface area contributed by atoms with Crippen LogP contribution in [0, 0.1) is 6.92 Å². The van der Waals surface area contributed by atoms with E-state index in [-0.39, 0.29) is 0 Å². The molecule has 0 amide bonds. The maximum Gasteiger partial charge on any atom is 0.102 e. The molecule has 0 radical (unpaired) electrons. The third-order valence-electron chi connectivity index (χ3n) is 2.91. The number of hydrogen-bond donors (Lipinski definition) is 0. The predicted molar refractivity (Wildman–Crippen MR) is 66.8 cm³/mol. The van der Waals surface area contributed by atoms with E-state index in [0.717, 1.165) is 12.2 Å². The van der Waals surface area contributed by atoms with Gasteiger partial charge in [0, 0.05) is 25.0 Å². The SMILES string of the molecule is Cc1ccc2ccn(Cc3cn(C)nn3)c2c1. The molecule has 17 heavy (non-hydrogen) atoms. The molecule has 0 saturated carbocycles. The molecular weight excluding hydrogens is 212 g/mol. The Balaban J connectivity index is 2.03. The van der Waals surface area contributed by atoms with Gasteiger partial charge in [0.1, 0.15) is 5.69 Å². The second-order valence-corrected chi connectivity index (χ2v) is 4.39. The molecule has 0 aliphatic heterocycles. The van der Waals surface area contributed by atoms with Crippen molar-refractivity contribution < 1.29 is 0 Å². The predicted octanol–water partition coefficient (Wildman–Crippen LogP) is 2.13. The lowest BCUT2D eigenvalue weighted by Gasteiger charge is -2.03. The first-order chi connectivity index (χ1) is 8.22. The Labute approximate surface area is 99.5 Å². The second-order valence-electron chi connectivity index (χ2n) is 4.39. The molecule has 0 unspecified atom stereocenters. The monoisotopic (exact) mass is 226 g/mol. The number of benzene rings is 1. The first kappa shape index (κ1) is 10.1. The summed E-state index contributed by atoms with van der Waals surface area (Å²) in [7, 11) is 1.88. The first-order valence-corrected chi connectivity index (χ1v) is 5.63. The second kappa shape index (κ2) is 3.73.